The van der Waals surface area contributed by atoms with Crippen LogP contribution in [0.1, 0.15) is 19.8 Å². The van der Waals surface area contributed by atoms with Crippen LogP contribution in [0.3, 0.4) is 0 Å². The Morgan fingerprint density at radius 1 is 1.82 bits per heavy atom. The summed E-state index contributed by atoms with van der Waals surface area (Å²) >= 11 is 0. The van der Waals surface area contributed by atoms with E-state index in [2.05, 4.69) is 11.9 Å². The van der Waals surface area contributed by atoms with E-state index in [1.165, 1.54) is 6.08 Å². The molecule has 0 aromatic rings. The average Bonchev–Trinajstić information content (AvgIpc) is 2.36. The summed E-state index contributed by atoms with van der Waals surface area (Å²) in [6.07, 6.45) is 3.15. The molecule has 0 radical (unpaired) electrons. The minimum absolute atomic E-state index is 0.172. The van der Waals surface area contributed by atoms with E-state index in [1.807, 2.05) is 6.92 Å². The highest BCUT2D eigenvalue weighted by Gasteiger charge is 2.30. The second-order valence-electron chi connectivity index (χ2n) is 2.88. The maximum absolute atomic E-state index is 10.9. The standard InChI is InChI=1S/C8H13NO2/c1-3-7(10)9-8(2)5-4-6-11-8/h3H,1,4-6H2,2H3,(H,9,10). The van der Waals surface area contributed by atoms with E-state index in [-0.39, 0.29) is 5.91 Å². The lowest BCUT2D eigenvalue weighted by molar-refractivity contribution is -0.124. The van der Waals surface area contributed by atoms with E-state index in [0.29, 0.717) is 0 Å². The second-order valence-corrected chi connectivity index (χ2v) is 2.88. The van der Waals surface area contributed by atoms with Crippen molar-refractivity contribution in [1.29, 1.82) is 0 Å². The van der Waals surface area contributed by atoms with E-state index in [0.717, 1.165) is 19.4 Å². The van der Waals surface area contributed by atoms with Gasteiger partial charge in [-0.15, -0.1) is 0 Å². The van der Waals surface area contributed by atoms with Gasteiger partial charge in [0.15, 0.2) is 0 Å². The lowest BCUT2D eigenvalue weighted by atomic mass is 10.2. The molecule has 1 rings (SSSR count). The van der Waals surface area contributed by atoms with Crippen LogP contribution in [0.5, 0.6) is 0 Å². The third-order valence-electron chi connectivity index (χ3n) is 1.79. The highest BCUT2D eigenvalue weighted by Crippen LogP contribution is 2.21. The molecule has 0 aliphatic carbocycles. The van der Waals surface area contributed by atoms with Crippen molar-refractivity contribution in [2.45, 2.75) is 25.5 Å². The third-order valence-corrected chi connectivity index (χ3v) is 1.79. The summed E-state index contributed by atoms with van der Waals surface area (Å²) < 4.78 is 5.33. The molecular formula is C8H13NO2. The van der Waals surface area contributed by atoms with Gasteiger partial charge in [0.05, 0.1) is 0 Å². The van der Waals surface area contributed by atoms with Gasteiger partial charge in [-0.3, -0.25) is 4.79 Å². The molecule has 3 heteroatoms. The number of ether oxygens (including phenoxy) is 1. The Morgan fingerprint density at radius 2 is 2.55 bits per heavy atom. The van der Waals surface area contributed by atoms with Crippen LogP contribution in [0.4, 0.5) is 0 Å². The Kier molecular flexibility index (Phi) is 2.29. The van der Waals surface area contributed by atoms with Gasteiger partial charge in [0, 0.05) is 6.61 Å². The summed E-state index contributed by atoms with van der Waals surface area (Å²) in [6, 6.07) is 0. The fraction of sp³-hybridized carbons (Fsp3) is 0.625. The first-order valence-electron chi connectivity index (χ1n) is 3.75. The molecule has 3 nitrogen and oxygen atoms in total. The van der Waals surface area contributed by atoms with Gasteiger partial charge in [-0.05, 0) is 25.8 Å². The molecule has 1 saturated heterocycles. The molecule has 0 bridgehead atoms. The van der Waals surface area contributed by atoms with Crippen LogP contribution < -0.4 is 5.32 Å². The zero-order chi connectivity index (χ0) is 8.32. The Hall–Kier alpha value is -0.830. The molecule has 1 amide bonds. The molecule has 1 unspecified atom stereocenters. The Labute approximate surface area is 66.4 Å². The van der Waals surface area contributed by atoms with Crippen LogP contribution in [0.25, 0.3) is 0 Å². The van der Waals surface area contributed by atoms with Crippen LogP contribution in [0, 0.1) is 0 Å². The van der Waals surface area contributed by atoms with Crippen molar-refractivity contribution in [3.63, 3.8) is 0 Å². The largest absolute Gasteiger partial charge is 0.356 e. The van der Waals surface area contributed by atoms with E-state index >= 15 is 0 Å². The van der Waals surface area contributed by atoms with Crippen molar-refractivity contribution in [3.8, 4) is 0 Å². The van der Waals surface area contributed by atoms with Gasteiger partial charge in [-0.1, -0.05) is 6.58 Å². The number of carbonyl (C=O) groups excluding carboxylic acids is 1. The van der Waals surface area contributed by atoms with E-state index in [4.69, 9.17) is 4.74 Å². The SMILES string of the molecule is C=CC(=O)NC1(C)CCCO1. The minimum atomic E-state index is -0.453. The second kappa shape index (κ2) is 3.05. The highest BCUT2D eigenvalue weighted by atomic mass is 16.5. The fourth-order valence-corrected chi connectivity index (χ4v) is 1.19. The van der Waals surface area contributed by atoms with Crippen molar-refractivity contribution in [3.05, 3.63) is 12.7 Å². The van der Waals surface area contributed by atoms with Crippen LogP contribution in [-0.2, 0) is 9.53 Å². The van der Waals surface area contributed by atoms with Gasteiger partial charge in [0.2, 0.25) is 5.91 Å². The van der Waals surface area contributed by atoms with Crippen LogP contribution >= 0.6 is 0 Å². The van der Waals surface area contributed by atoms with Crippen molar-refractivity contribution in [2.75, 3.05) is 6.61 Å². The molecule has 0 aromatic heterocycles. The number of rotatable bonds is 2. The fourth-order valence-electron chi connectivity index (χ4n) is 1.19. The zero-order valence-electron chi connectivity index (χ0n) is 6.72. The molecule has 62 valence electrons. The monoisotopic (exact) mass is 155 g/mol. The van der Waals surface area contributed by atoms with Gasteiger partial charge in [0.1, 0.15) is 5.72 Å². The first kappa shape index (κ1) is 8.27. The topological polar surface area (TPSA) is 38.3 Å². The summed E-state index contributed by atoms with van der Waals surface area (Å²) in [7, 11) is 0. The van der Waals surface area contributed by atoms with Crippen LogP contribution in [-0.4, -0.2) is 18.2 Å². The molecule has 11 heavy (non-hydrogen) atoms. The predicted octanol–water partition coefficient (Wildman–Crippen LogP) is 0.815. The Morgan fingerprint density at radius 3 is 3.00 bits per heavy atom. The molecule has 1 heterocycles. The molecule has 1 atom stereocenters. The molecule has 1 fully saturated rings. The smallest absolute Gasteiger partial charge is 0.245 e. The highest BCUT2D eigenvalue weighted by molar-refractivity contribution is 5.87. The number of amides is 1. The molecule has 0 saturated carbocycles. The third kappa shape index (κ3) is 2.05. The normalized spacial score (nSPS) is 29.9. The summed E-state index contributed by atoms with van der Waals surface area (Å²) in [5, 5.41) is 2.73. The van der Waals surface area contributed by atoms with Crippen molar-refractivity contribution in [2.24, 2.45) is 0 Å². The number of nitrogens with one attached hydrogen (secondary N) is 1. The van der Waals surface area contributed by atoms with Crippen LogP contribution in [0.2, 0.25) is 0 Å². The molecular weight excluding hydrogens is 142 g/mol. The molecule has 0 aromatic carbocycles. The lowest BCUT2D eigenvalue weighted by Gasteiger charge is -2.23. The van der Waals surface area contributed by atoms with Crippen LogP contribution in [0.15, 0.2) is 12.7 Å². The summed E-state index contributed by atoms with van der Waals surface area (Å²) in [5.41, 5.74) is -0.453. The van der Waals surface area contributed by atoms with Gasteiger partial charge < -0.3 is 10.1 Å². The van der Waals surface area contributed by atoms with E-state index in [1.54, 1.807) is 0 Å². The average molecular weight is 155 g/mol. The lowest BCUT2D eigenvalue weighted by Crippen LogP contribution is -2.44. The number of hydrogen-bond donors (Lipinski definition) is 1. The molecule has 1 aliphatic heterocycles. The molecule has 1 N–H and O–H groups in total. The Balaban J connectivity index is 2.45. The zero-order valence-corrected chi connectivity index (χ0v) is 6.72. The predicted molar refractivity (Wildman–Crippen MR) is 41.9 cm³/mol. The molecule has 1 aliphatic rings. The van der Waals surface area contributed by atoms with Gasteiger partial charge in [-0.2, -0.15) is 0 Å². The first-order valence-corrected chi connectivity index (χ1v) is 3.75. The summed E-state index contributed by atoms with van der Waals surface area (Å²) in [6.45, 7) is 5.97. The first-order chi connectivity index (χ1) is 5.16. The van der Waals surface area contributed by atoms with E-state index in [9.17, 15) is 4.79 Å². The van der Waals surface area contributed by atoms with Gasteiger partial charge in [0.25, 0.3) is 0 Å². The summed E-state index contributed by atoms with van der Waals surface area (Å²) in [5.74, 6) is -0.172. The Bertz CT molecular complexity index is 171. The van der Waals surface area contributed by atoms with Gasteiger partial charge >= 0.3 is 0 Å². The number of carbonyl (C=O) groups is 1. The maximum Gasteiger partial charge on any atom is 0.245 e. The van der Waals surface area contributed by atoms with Gasteiger partial charge in [-0.25, -0.2) is 0 Å². The number of hydrogen-bond acceptors (Lipinski definition) is 2. The summed E-state index contributed by atoms with van der Waals surface area (Å²) in [4.78, 5) is 10.9. The quantitative estimate of drug-likeness (QED) is 0.599. The van der Waals surface area contributed by atoms with Crippen molar-refractivity contribution >= 4 is 5.91 Å². The minimum Gasteiger partial charge on any atom is -0.356 e. The van der Waals surface area contributed by atoms with Crippen molar-refractivity contribution < 1.29 is 9.53 Å². The molecule has 0 spiro atoms. The van der Waals surface area contributed by atoms with Crippen molar-refractivity contribution in [1.82, 2.24) is 5.32 Å². The maximum atomic E-state index is 10.9. The van der Waals surface area contributed by atoms with E-state index < -0.39 is 5.72 Å².